The standard InChI is InChI=1S/C20H13Cl2N3O2S/c1-11-2-5-16-20(25-28-24-16)19(11)23-18(26)7-4-15-3-6-17(27-15)12-8-13(21)10-14(22)9-12/h2-10H,1H3,(H,23,26)/b7-4+. The summed E-state index contributed by atoms with van der Waals surface area (Å²) < 4.78 is 14.2. The number of hydrogen-bond donors (Lipinski definition) is 1. The number of carbonyl (C=O) groups is 1. The number of fused-ring (bicyclic) bond motifs is 1. The van der Waals surface area contributed by atoms with Crippen molar-refractivity contribution in [2.75, 3.05) is 5.32 Å². The summed E-state index contributed by atoms with van der Waals surface area (Å²) in [6.45, 7) is 1.91. The van der Waals surface area contributed by atoms with E-state index < -0.39 is 0 Å². The smallest absolute Gasteiger partial charge is 0.248 e. The molecule has 0 radical (unpaired) electrons. The third-order valence-electron chi connectivity index (χ3n) is 4.06. The van der Waals surface area contributed by atoms with Crippen molar-refractivity contribution in [2.45, 2.75) is 6.92 Å². The molecule has 1 amide bonds. The van der Waals surface area contributed by atoms with Crippen LogP contribution in [-0.2, 0) is 4.79 Å². The van der Waals surface area contributed by atoms with Crippen LogP contribution in [0.15, 0.2) is 53.0 Å². The van der Waals surface area contributed by atoms with Crippen LogP contribution in [0.1, 0.15) is 11.3 Å². The zero-order valence-corrected chi connectivity index (χ0v) is 16.9. The molecule has 0 atom stereocenters. The van der Waals surface area contributed by atoms with Crippen LogP contribution in [0.3, 0.4) is 0 Å². The topological polar surface area (TPSA) is 68.0 Å². The molecular formula is C20H13Cl2N3O2S. The Morgan fingerprint density at radius 2 is 1.89 bits per heavy atom. The number of hydrogen-bond acceptors (Lipinski definition) is 5. The summed E-state index contributed by atoms with van der Waals surface area (Å²) in [7, 11) is 0. The number of halogens is 2. The van der Waals surface area contributed by atoms with E-state index in [1.54, 1.807) is 36.4 Å². The number of amides is 1. The highest BCUT2D eigenvalue weighted by Crippen LogP contribution is 2.29. The van der Waals surface area contributed by atoms with E-state index in [4.69, 9.17) is 27.6 Å². The van der Waals surface area contributed by atoms with Crippen LogP contribution in [0.5, 0.6) is 0 Å². The van der Waals surface area contributed by atoms with Crippen molar-refractivity contribution in [2.24, 2.45) is 0 Å². The van der Waals surface area contributed by atoms with Crippen molar-refractivity contribution < 1.29 is 9.21 Å². The molecule has 2 heterocycles. The van der Waals surface area contributed by atoms with E-state index in [0.29, 0.717) is 32.8 Å². The van der Waals surface area contributed by atoms with E-state index in [9.17, 15) is 4.79 Å². The van der Waals surface area contributed by atoms with E-state index in [2.05, 4.69) is 14.1 Å². The fraction of sp³-hybridized carbons (Fsp3) is 0.0500. The minimum Gasteiger partial charge on any atom is -0.457 e. The maximum atomic E-state index is 12.4. The number of nitrogens with zero attached hydrogens (tertiary/aromatic N) is 2. The maximum absolute atomic E-state index is 12.4. The summed E-state index contributed by atoms with van der Waals surface area (Å²) in [5.74, 6) is 0.859. The maximum Gasteiger partial charge on any atom is 0.248 e. The minimum atomic E-state index is -0.285. The van der Waals surface area contributed by atoms with Crippen LogP contribution in [0, 0.1) is 6.92 Å². The average Bonchev–Trinajstić information content (AvgIpc) is 3.31. The molecule has 2 aromatic carbocycles. The molecule has 0 unspecified atom stereocenters. The number of furan rings is 1. The highest BCUT2D eigenvalue weighted by molar-refractivity contribution is 7.00. The average molecular weight is 430 g/mol. The lowest BCUT2D eigenvalue weighted by molar-refractivity contribution is -0.111. The second kappa shape index (κ2) is 7.75. The van der Waals surface area contributed by atoms with E-state index in [-0.39, 0.29) is 5.91 Å². The number of aryl methyl sites for hydroxylation is 1. The molecule has 0 saturated heterocycles. The number of nitrogens with one attached hydrogen (secondary N) is 1. The van der Waals surface area contributed by atoms with Gasteiger partial charge in [-0.1, -0.05) is 29.3 Å². The van der Waals surface area contributed by atoms with E-state index in [1.807, 2.05) is 19.1 Å². The molecule has 4 aromatic rings. The predicted molar refractivity (Wildman–Crippen MR) is 114 cm³/mol. The molecule has 0 saturated carbocycles. The Morgan fingerprint density at radius 1 is 1.11 bits per heavy atom. The van der Waals surface area contributed by atoms with Gasteiger partial charge >= 0.3 is 0 Å². The highest BCUT2D eigenvalue weighted by Gasteiger charge is 2.11. The van der Waals surface area contributed by atoms with Gasteiger partial charge in [-0.2, -0.15) is 8.75 Å². The fourth-order valence-electron chi connectivity index (χ4n) is 2.73. The molecule has 0 fully saturated rings. The summed E-state index contributed by atoms with van der Waals surface area (Å²) in [5, 5.41) is 3.91. The molecule has 5 nitrogen and oxygen atoms in total. The molecule has 0 bridgehead atoms. The normalized spacial score (nSPS) is 11.4. The van der Waals surface area contributed by atoms with Crippen LogP contribution >= 0.6 is 34.9 Å². The molecule has 0 spiro atoms. The Balaban J connectivity index is 1.51. The van der Waals surface area contributed by atoms with Crippen LogP contribution in [0.4, 0.5) is 5.69 Å². The van der Waals surface area contributed by atoms with Crippen molar-refractivity contribution in [3.63, 3.8) is 0 Å². The summed E-state index contributed by atoms with van der Waals surface area (Å²) in [6.07, 6.45) is 3.01. The molecule has 140 valence electrons. The Kier molecular flexibility index (Phi) is 5.17. The molecule has 4 rings (SSSR count). The summed E-state index contributed by atoms with van der Waals surface area (Å²) in [4.78, 5) is 12.4. The van der Waals surface area contributed by atoms with Crippen molar-refractivity contribution in [1.82, 2.24) is 8.75 Å². The number of anilines is 1. The first-order valence-corrected chi connectivity index (χ1v) is 9.75. The zero-order chi connectivity index (χ0) is 19.7. The number of carbonyl (C=O) groups excluding carboxylic acids is 1. The number of rotatable bonds is 4. The molecule has 8 heteroatoms. The molecular weight excluding hydrogens is 417 g/mol. The van der Waals surface area contributed by atoms with Crippen LogP contribution < -0.4 is 5.32 Å². The highest BCUT2D eigenvalue weighted by atomic mass is 35.5. The molecule has 0 aliphatic rings. The van der Waals surface area contributed by atoms with Gasteiger partial charge in [-0.25, -0.2) is 0 Å². The lowest BCUT2D eigenvalue weighted by Gasteiger charge is -2.06. The van der Waals surface area contributed by atoms with Gasteiger partial charge < -0.3 is 9.73 Å². The lowest BCUT2D eigenvalue weighted by Crippen LogP contribution is -2.09. The zero-order valence-electron chi connectivity index (χ0n) is 14.6. The van der Waals surface area contributed by atoms with Crippen LogP contribution in [0.2, 0.25) is 10.0 Å². The quantitative estimate of drug-likeness (QED) is 0.391. The first-order chi connectivity index (χ1) is 13.5. The van der Waals surface area contributed by atoms with Gasteiger partial charge in [0.2, 0.25) is 5.91 Å². The van der Waals surface area contributed by atoms with Crippen LogP contribution in [-0.4, -0.2) is 14.7 Å². The molecule has 28 heavy (non-hydrogen) atoms. The second-order valence-electron chi connectivity index (χ2n) is 6.07. The van der Waals surface area contributed by atoms with E-state index in [1.165, 1.54) is 6.08 Å². The second-order valence-corrected chi connectivity index (χ2v) is 7.47. The van der Waals surface area contributed by atoms with E-state index in [0.717, 1.165) is 28.4 Å². The Bertz CT molecular complexity index is 1190. The van der Waals surface area contributed by atoms with Crippen LogP contribution in [0.25, 0.3) is 28.4 Å². The first kappa shape index (κ1) is 18.7. The molecule has 2 aromatic heterocycles. The Labute approximate surface area is 174 Å². The minimum absolute atomic E-state index is 0.285. The van der Waals surface area contributed by atoms with Crippen molar-refractivity contribution in [3.8, 4) is 11.3 Å². The first-order valence-electron chi connectivity index (χ1n) is 8.27. The predicted octanol–water partition coefficient (Wildman–Crippen LogP) is 6.22. The third kappa shape index (κ3) is 3.94. The Hall–Kier alpha value is -2.67. The largest absolute Gasteiger partial charge is 0.457 e. The van der Waals surface area contributed by atoms with Gasteiger partial charge in [-0.3, -0.25) is 4.79 Å². The van der Waals surface area contributed by atoms with Gasteiger partial charge in [-0.15, -0.1) is 0 Å². The van der Waals surface area contributed by atoms with Gasteiger partial charge in [0.05, 0.1) is 17.4 Å². The fourth-order valence-corrected chi connectivity index (χ4v) is 3.80. The third-order valence-corrected chi connectivity index (χ3v) is 5.04. The van der Waals surface area contributed by atoms with Gasteiger partial charge in [0.25, 0.3) is 0 Å². The van der Waals surface area contributed by atoms with Crippen molar-refractivity contribution >= 4 is 63.6 Å². The van der Waals surface area contributed by atoms with Crippen molar-refractivity contribution in [3.05, 3.63) is 69.9 Å². The molecule has 0 aliphatic heterocycles. The van der Waals surface area contributed by atoms with Gasteiger partial charge in [0.1, 0.15) is 22.6 Å². The number of aromatic nitrogens is 2. The number of benzene rings is 2. The summed E-state index contributed by atoms with van der Waals surface area (Å²) in [5.41, 5.74) is 3.78. The molecule has 0 aliphatic carbocycles. The van der Waals surface area contributed by atoms with Gasteiger partial charge in [0.15, 0.2) is 0 Å². The van der Waals surface area contributed by atoms with Crippen molar-refractivity contribution in [1.29, 1.82) is 0 Å². The summed E-state index contributed by atoms with van der Waals surface area (Å²) in [6, 6.07) is 12.5. The monoisotopic (exact) mass is 429 g/mol. The van der Waals surface area contributed by atoms with Gasteiger partial charge in [0, 0.05) is 21.7 Å². The summed E-state index contributed by atoms with van der Waals surface area (Å²) >= 11 is 13.2. The molecule has 1 N–H and O–H groups in total. The van der Waals surface area contributed by atoms with E-state index >= 15 is 0 Å². The Morgan fingerprint density at radius 3 is 2.68 bits per heavy atom. The SMILES string of the molecule is Cc1ccc2nsnc2c1NC(=O)/C=C/c1ccc(-c2cc(Cl)cc(Cl)c2)o1. The van der Waals surface area contributed by atoms with Gasteiger partial charge in [-0.05, 0) is 55.0 Å². The lowest BCUT2D eigenvalue weighted by atomic mass is 10.1.